The predicted molar refractivity (Wildman–Crippen MR) is 77.4 cm³/mol. The van der Waals surface area contributed by atoms with Gasteiger partial charge in [0.15, 0.2) is 0 Å². The van der Waals surface area contributed by atoms with Crippen LogP contribution in [0.1, 0.15) is 10.4 Å². The van der Waals surface area contributed by atoms with E-state index in [0.29, 0.717) is 10.2 Å². The van der Waals surface area contributed by atoms with Gasteiger partial charge in [-0.3, -0.25) is 19.9 Å². The number of carbonyl (C=O) groups is 1. The minimum absolute atomic E-state index is 0.0444. The monoisotopic (exact) mass is 336 g/mol. The average molecular weight is 337 g/mol. The first-order valence-corrected chi connectivity index (χ1v) is 6.23. The summed E-state index contributed by atoms with van der Waals surface area (Å²) in [6.07, 6.45) is 3.03. The largest absolute Gasteiger partial charge is 0.398 e. The smallest absolute Gasteiger partial charge is 0.270 e. The molecule has 0 radical (unpaired) electrons. The highest BCUT2D eigenvalue weighted by molar-refractivity contribution is 9.10. The Morgan fingerprint density at radius 2 is 2.15 bits per heavy atom. The van der Waals surface area contributed by atoms with Crippen molar-refractivity contribution in [2.24, 2.45) is 0 Å². The Bertz CT molecular complexity index is 690. The number of nitrogens with one attached hydrogen (secondary N) is 1. The first-order chi connectivity index (χ1) is 9.49. The number of anilines is 2. The van der Waals surface area contributed by atoms with Gasteiger partial charge in [-0.25, -0.2) is 0 Å². The molecule has 0 saturated heterocycles. The van der Waals surface area contributed by atoms with Crippen LogP contribution in [0.4, 0.5) is 17.1 Å². The van der Waals surface area contributed by atoms with Crippen molar-refractivity contribution < 1.29 is 9.72 Å². The molecule has 2 rings (SSSR count). The maximum absolute atomic E-state index is 12.1. The molecule has 7 nitrogen and oxygen atoms in total. The number of nitro benzene ring substituents is 1. The maximum Gasteiger partial charge on any atom is 0.270 e. The molecular weight excluding hydrogens is 328 g/mol. The van der Waals surface area contributed by atoms with E-state index in [-0.39, 0.29) is 16.9 Å². The van der Waals surface area contributed by atoms with Crippen molar-refractivity contribution in [1.29, 1.82) is 0 Å². The molecule has 0 aliphatic heterocycles. The van der Waals surface area contributed by atoms with E-state index in [4.69, 9.17) is 5.73 Å². The number of amides is 1. The Morgan fingerprint density at radius 1 is 1.40 bits per heavy atom. The summed E-state index contributed by atoms with van der Waals surface area (Å²) < 4.78 is 0.595. The minimum atomic E-state index is -0.585. The van der Waals surface area contributed by atoms with Gasteiger partial charge in [0.2, 0.25) is 0 Å². The van der Waals surface area contributed by atoms with Crippen molar-refractivity contribution in [3.63, 3.8) is 0 Å². The average Bonchev–Trinajstić information content (AvgIpc) is 2.41. The minimum Gasteiger partial charge on any atom is -0.398 e. The van der Waals surface area contributed by atoms with Gasteiger partial charge in [-0.05, 0) is 28.1 Å². The Kier molecular flexibility index (Phi) is 3.94. The van der Waals surface area contributed by atoms with E-state index in [1.54, 1.807) is 6.07 Å². The van der Waals surface area contributed by atoms with Gasteiger partial charge in [0.1, 0.15) is 0 Å². The third-order valence-corrected chi connectivity index (χ3v) is 3.14. The van der Waals surface area contributed by atoms with E-state index in [2.05, 4.69) is 26.2 Å². The van der Waals surface area contributed by atoms with Crippen LogP contribution in [0.25, 0.3) is 0 Å². The van der Waals surface area contributed by atoms with Crippen LogP contribution in [-0.4, -0.2) is 15.8 Å². The van der Waals surface area contributed by atoms with Gasteiger partial charge in [-0.2, -0.15) is 0 Å². The Hall–Kier alpha value is -2.48. The first kappa shape index (κ1) is 13.9. The number of halogens is 1. The van der Waals surface area contributed by atoms with E-state index >= 15 is 0 Å². The van der Waals surface area contributed by atoms with Crippen molar-refractivity contribution in [2.75, 3.05) is 11.1 Å². The standard InChI is InChI=1S/C12H9BrN4O3/c13-9-6-15-4-3-11(9)16-12(18)8-5-7(17(19)20)1-2-10(8)14/h1-6H,14H2,(H,15,16,18). The number of aromatic nitrogens is 1. The molecule has 8 heteroatoms. The van der Waals surface area contributed by atoms with Crippen LogP contribution >= 0.6 is 15.9 Å². The van der Waals surface area contributed by atoms with E-state index in [1.807, 2.05) is 0 Å². The van der Waals surface area contributed by atoms with E-state index in [0.717, 1.165) is 6.07 Å². The molecule has 0 unspecified atom stereocenters. The van der Waals surface area contributed by atoms with Gasteiger partial charge in [0.25, 0.3) is 11.6 Å². The Morgan fingerprint density at radius 3 is 2.80 bits per heavy atom. The van der Waals surface area contributed by atoms with Crippen LogP contribution in [0.5, 0.6) is 0 Å². The van der Waals surface area contributed by atoms with Gasteiger partial charge >= 0.3 is 0 Å². The summed E-state index contributed by atoms with van der Waals surface area (Å²) in [5.74, 6) is -0.530. The van der Waals surface area contributed by atoms with Crippen molar-refractivity contribution in [3.05, 3.63) is 56.8 Å². The van der Waals surface area contributed by atoms with E-state index < -0.39 is 10.8 Å². The zero-order chi connectivity index (χ0) is 14.7. The molecular formula is C12H9BrN4O3. The molecule has 1 aromatic carbocycles. The van der Waals surface area contributed by atoms with Gasteiger partial charge in [-0.1, -0.05) is 0 Å². The zero-order valence-corrected chi connectivity index (χ0v) is 11.6. The van der Waals surface area contributed by atoms with Crippen LogP contribution in [0.15, 0.2) is 41.1 Å². The number of benzene rings is 1. The number of hydrogen-bond donors (Lipinski definition) is 2. The summed E-state index contributed by atoms with van der Waals surface area (Å²) in [6, 6.07) is 5.30. The van der Waals surface area contributed by atoms with Crippen LogP contribution in [0.2, 0.25) is 0 Å². The van der Waals surface area contributed by atoms with Crippen LogP contribution in [0.3, 0.4) is 0 Å². The fourth-order valence-corrected chi connectivity index (χ4v) is 1.87. The summed E-state index contributed by atoms with van der Waals surface area (Å²) in [6.45, 7) is 0. The predicted octanol–water partition coefficient (Wildman–Crippen LogP) is 2.59. The SMILES string of the molecule is Nc1ccc([N+](=O)[O-])cc1C(=O)Nc1ccncc1Br. The maximum atomic E-state index is 12.1. The molecule has 2 aromatic rings. The molecule has 0 atom stereocenters. The van der Waals surface area contributed by atoms with Gasteiger partial charge in [-0.15, -0.1) is 0 Å². The fourth-order valence-electron chi connectivity index (χ4n) is 1.52. The van der Waals surface area contributed by atoms with Gasteiger partial charge < -0.3 is 11.1 Å². The zero-order valence-electron chi connectivity index (χ0n) is 10.0. The second-order valence-corrected chi connectivity index (χ2v) is 4.69. The summed E-state index contributed by atoms with van der Waals surface area (Å²) in [4.78, 5) is 26.1. The topological polar surface area (TPSA) is 111 Å². The molecule has 1 amide bonds. The van der Waals surface area contributed by atoms with Gasteiger partial charge in [0.05, 0.1) is 20.6 Å². The number of non-ortho nitro benzene ring substituents is 1. The molecule has 102 valence electrons. The lowest BCUT2D eigenvalue weighted by molar-refractivity contribution is -0.384. The Balaban J connectivity index is 2.32. The molecule has 0 saturated carbocycles. The van der Waals surface area contributed by atoms with Crippen LogP contribution < -0.4 is 11.1 Å². The van der Waals surface area contributed by atoms with Crippen LogP contribution in [-0.2, 0) is 0 Å². The van der Waals surface area contributed by atoms with Crippen molar-refractivity contribution in [3.8, 4) is 0 Å². The lowest BCUT2D eigenvalue weighted by atomic mass is 10.1. The number of nitro groups is 1. The quantitative estimate of drug-likeness (QED) is 0.508. The highest BCUT2D eigenvalue weighted by atomic mass is 79.9. The molecule has 3 N–H and O–H groups in total. The van der Waals surface area contributed by atoms with Crippen LogP contribution in [0, 0.1) is 10.1 Å². The molecule has 20 heavy (non-hydrogen) atoms. The summed E-state index contributed by atoms with van der Waals surface area (Å²) in [7, 11) is 0. The van der Waals surface area contributed by atoms with E-state index in [9.17, 15) is 14.9 Å². The van der Waals surface area contributed by atoms with Gasteiger partial charge in [0, 0.05) is 30.2 Å². The summed E-state index contributed by atoms with van der Waals surface area (Å²) in [5, 5.41) is 13.3. The number of hydrogen-bond acceptors (Lipinski definition) is 5. The molecule has 1 heterocycles. The molecule has 0 fully saturated rings. The van der Waals surface area contributed by atoms with E-state index in [1.165, 1.54) is 24.5 Å². The lowest BCUT2D eigenvalue weighted by Gasteiger charge is -2.08. The lowest BCUT2D eigenvalue weighted by Crippen LogP contribution is -2.14. The number of nitrogen functional groups attached to an aromatic ring is 1. The van der Waals surface area contributed by atoms with Crippen molar-refractivity contribution in [1.82, 2.24) is 4.98 Å². The number of rotatable bonds is 3. The number of carbonyl (C=O) groups excluding carboxylic acids is 1. The summed E-state index contributed by atoms with van der Waals surface area (Å²) >= 11 is 3.24. The number of nitrogens with two attached hydrogens (primary N) is 1. The van der Waals surface area contributed by atoms with Crippen molar-refractivity contribution in [2.45, 2.75) is 0 Å². The third kappa shape index (κ3) is 2.91. The molecule has 0 bridgehead atoms. The summed E-state index contributed by atoms with van der Waals surface area (Å²) in [5.41, 5.74) is 6.18. The molecule has 1 aromatic heterocycles. The second-order valence-electron chi connectivity index (χ2n) is 3.84. The molecule has 0 spiro atoms. The van der Waals surface area contributed by atoms with Crippen molar-refractivity contribution >= 4 is 38.9 Å². The normalized spacial score (nSPS) is 10.1. The highest BCUT2D eigenvalue weighted by Gasteiger charge is 2.16. The number of nitrogens with zero attached hydrogens (tertiary/aromatic N) is 2. The molecule has 0 aliphatic rings. The third-order valence-electron chi connectivity index (χ3n) is 2.51. The molecule has 0 aliphatic carbocycles. The number of pyridine rings is 1. The fraction of sp³-hybridized carbons (Fsp3) is 0. The highest BCUT2D eigenvalue weighted by Crippen LogP contribution is 2.24. The second kappa shape index (κ2) is 5.66. The Labute approximate surface area is 122 Å². The first-order valence-electron chi connectivity index (χ1n) is 5.44.